The minimum atomic E-state index is -1.28. The zero-order chi connectivity index (χ0) is 23.0. The molecule has 162 valence electrons. The molecule has 0 aliphatic carbocycles. The fourth-order valence-corrected chi connectivity index (χ4v) is 3.90. The number of aromatic carboxylic acids is 1. The Labute approximate surface area is 193 Å². The number of carbonyl (C=O) groups is 1. The van der Waals surface area contributed by atoms with E-state index >= 15 is 4.39 Å². The molecule has 0 fully saturated rings. The van der Waals surface area contributed by atoms with Gasteiger partial charge >= 0.3 is 5.97 Å². The number of carboxylic acids is 1. The fourth-order valence-electron chi connectivity index (χ4n) is 3.56. The van der Waals surface area contributed by atoms with Crippen LogP contribution in [0.1, 0.15) is 16.1 Å². The van der Waals surface area contributed by atoms with Crippen LogP contribution >= 0.6 is 23.2 Å². The van der Waals surface area contributed by atoms with E-state index < -0.39 is 11.8 Å². The zero-order valence-electron chi connectivity index (χ0n) is 17.1. The van der Waals surface area contributed by atoms with Crippen LogP contribution < -0.4 is 4.74 Å². The summed E-state index contributed by atoms with van der Waals surface area (Å²) in [5, 5.41) is 10.3. The molecule has 3 aromatic carbocycles. The quantitative estimate of drug-likeness (QED) is 0.353. The van der Waals surface area contributed by atoms with Crippen molar-refractivity contribution < 1.29 is 19.0 Å². The van der Waals surface area contributed by atoms with Gasteiger partial charge in [0.15, 0.2) is 11.5 Å². The lowest BCUT2D eigenvalue weighted by atomic mass is 10.1. The van der Waals surface area contributed by atoms with Crippen LogP contribution in [0.2, 0.25) is 10.0 Å². The molecule has 0 saturated carbocycles. The Bertz CT molecular complexity index is 1350. The van der Waals surface area contributed by atoms with E-state index in [-0.39, 0.29) is 27.9 Å². The summed E-state index contributed by atoms with van der Waals surface area (Å²) in [6.45, 7) is 1.90. The summed E-state index contributed by atoms with van der Waals surface area (Å²) in [7, 11) is 1.45. The zero-order valence-corrected chi connectivity index (χ0v) is 18.6. The number of hydrogen-bond acceptors (Lipinski definition) is 3. The maximum Gasteiger partial charge on any atom is 0.356 e. The van der Waals surface area contributed by atoms with Gasteiger partial charge in [0.25, 0.3) is 0 Å². The first kappa shape index (κ1) is 21.9. The molecular weight excluding hydrogens is 454 g/mol. The highest BCUT2D eigenvalue weighted by Crippen LogP contribution is 2.40. The highest BCUT2D eigenvalue weighted by atomic mass is 35.5. The average molecular weight is 471 g/mol. The van der Waals surface area contributed by atoms with Crippen molar-refractivity contribution in [2.24, 2.45) is 0 Å². The van der Waals surface area contributed by atoms with Gasteiger partial charge in [0, 0.05) is 16.1 Å². The third kappa shape index (κ3) is 3.83. The predicted molar refractivity (Wildman–Crippen MR) is 123 cm³/mol. The number of rotatable bonds is 5. The lowest BCUT2D eigenvalue weighted by Gasteiger charge is -2.16. The van der Waals surface area contributed by atoms with Gasteiger partial charge in [-0.15, -0.1) is 0 Å². The number of carboxylic acid groups (broad SMARTS) is 1. The molecule has 1 aromatic heterocycles. The molecule has 0 aliphatic heterocycles. The topological polar surface area (TPSA) is 64.3 Å². The van der Waals surface area contributed by atoms with Gasteiger partial charge in [0.05, 0.1) is 23.5 Å². The number of halogens is 3. The minimum Gasteiger partial charge on any atom is -0.496 e. The summed E-state index contributed by atoms with van der Waals surface area (Å²) in [5.74, 6) is -1.39. The molecule has 0 bridgehead atoms. The first-order valence-corrected chi connectivity index (χ1v) is 10.3. The molecule has 32 heavy (non-hydrogen) atoms. The van der Waals surface area contributed by atoms with Crippen molar-refractivity contribution >= 4 is 29.2 Å². The van der Waals surface area contributed by atoms with Crippen molar-refractivity contribution in [3.05, 3.63) is 87.8 Å². The van der Waals surface area contributed by atoms with E-state index in [2.05, 4.69) is 4.98 Å². The van der Waals surface area contributed by atoms with Crippen LogP contribution in [0.15, 0.2) is 60.7 Å². The van der Waals surface area contributed by atoms with Gasteiger partial charge < -0.3 is 9.84 Å². The first-order chi connectivity index (χ1) is 15.3. The molecule has 1 heterocycles. The van der Waals surface area contributed by atoms with Crippen LogP contribution in [0.3, 0.4) is 0 Å². The van der Waals surface area contributed by atoms with E-state index in [1.54, 1.807) is 30.3 Å². The van der Waals surface area contributed by atoms with E-state index in [0.717, 1.165) is 5.56 Å². The second-order valence-corrected chi connectivity index (χ2v) is 7.90. The standard InChI is InChI=1S/C24H17Cl2FN2O3/c1-13-5-3-6-14(11-13)23-28-21(24(30)31)22(16-12-15(25)9-10-19(16)32-2)29(23)18-8-4-7-17(26)20(18)27/h3-12H,1-2H3,(H,30,31). The highest BCUT2D eigenvalue weighted by molar-refractivity contribution is 6.31. The summed E-state index contributed by atoms with van der Waals surface area (Å²) in [4.78, 5) is 16.7. The van der Waals surface area contributed by atoms with E-state index in [9.17, 15) is 9.90 Å². The molecule has 0 unspecified atom stereocenters. The summed E-state index contributed by atoms with van der Waals surface area (Å²) < 4.78 is 22.1. The molecule has 4 aromatic rings. The molecule has 0 amide bonds. The lowest BCUT2D eigenvalue weighted by Crippen LogP contribution is -2.06. The van der Waals surface area contributed by atoms with Gasteiger partial charge in [-0.05, 0) is 43.3 Å². The lowest BCUT2D eigenvalue weighted by molar-refractivity contribution is 0.0692. The van der Waals surface area contributed by atoms with E-state index in [1.165, 1.54) is 23.8 Å². The molecular formula is C24H17Cl2FN2O3. The molecule has 0 saturated heterocycles. The molecule has 4 rings (SSSR count). The molecule has 1 N–H and O–H groups in total. The van der Waals surface area contributed by atoms with Gasteiger partial charge in [-0.2, -0.15) is 0 Å². The Morgan fingerprint density at radius 3 is 2.53 bits per heavy atom. The SMILES string of the molecule is COc1ccc(Cl)cc1-c1c(C(=O)O)nc(-c2cccc(C)c2)n1-c1cccc(Cl)c1F. The number of methoxy groups -OCH3 is 1. The normalized spacial score (nSPS) is 10.9. The van der Waals surface area contributed by atoms with Crippen molar-refractivity contribution in [3.63, 3.8) is 0 Å². The second-order valence-electron chi connectivity index (χ2n) is 7.06. The van der Waals surface area contributed by atoms with Gasteiger partial charge in [-0.3, -0.25) is 4.57 Å². The van der Waals surface area contributed by atoms with Gasteiger partial charge in [0.1, 0.15) is 11.6 Å². The predicted octanol–water partition coefficient (Wildman–Crippen LogP) is 6.67. The summed E-state index contributed by atoms with van der Waals surface area (Å²) in [6, 6.07) is 16.6. The van der Waals surface area contributed by atoms with E-state index in [4.69, 9.17) is 27.9 Å². The van der Waals surface area contributed by atoms with Crippen LogP contribution in [0.25, 0.3) is 28.3 Å². The number of aromatic nitrogens is 2. The Morgan fingerprint density at radius 1 is 1.09 bits per heavy atom. The van der Waals surface area contributed by atoms with Gasteiger partial charge in [-0.1, -0.05) is 53.0 Å². The van der Waals surface area contributed by atoms with Crippen LogP contribution in [0.4, 0.5) is 4.39 Å². The monoisotopic (exact) mass is 470 g/mol. The molecule has 0 aliphatic rings. The Balaban J connectivity index is 2.19. The van der Waals surface area contributed by atoms with Crippen LogP contribution in [-0.4, -0.2) is 27.7 Å². The third-order valence-corrected chi connectivity index (χ3v) is 5.47. The molecule has 5 nitrogen and oxygen atoms in total. The van der Waals surface area contributed by atoms with Crippen LogP contribution in [0.5, 0.6) is 5.75 Å². The molecule has 0 spiro atoms. The summed E-state index contributed by atoms with van der Waals surface area (Å²) in [6.07, 6.45) is 0. The smallest absolute Gasteiger partial charge is 0.356 e. The number of imidazole rings is 1. The second kappa shape index (κ2) is 8.65. The average Bonchev–Trinajstić information content (AvgIpc) is 3.16. The van der Waals surface area contributed by atoms with Crippen LogP contribution in [-0.2, 0) is 0 Å². The number of aryl methyl sites for hydroxylation is 1. The fraction of sp³-hybridized carbons (Fsp3) is 0.0833. The number of hydrogen-bond donors (Lipinski definition) is 1. The number of nitrogens with zero attached hydrogens (tertiary/aromatic N) is 2. The molecule has 0 radical (unpaired) electrons. The summed E-state index contributed by atoms with van der Waals surface area (Å²) in [5.41, 5.74) is 1.78. The largest absolute Gasteiger partial charge is 0.496 e. The number of ether oxygens (including phenoxy) is 1. The Morgan fingerprint density at radius 2 is 1.84 bits per heavy atom. The third-order valence-electron chi connectivity index (χ3n) is 4.95. The number of benzene rings is 3. The van der Waals surface area contributed by atoms with E-state index in [1.807, 2.05) is 25.1 Å². The highest BCUT2D eigenvalue weighted by Gasteiger charge is 2.29. The Kier molecular flexibility index (Phi) is 5.91. The molecule has 8 heteroatoms. The maximum absolute atomic E-state index is 15.2. The van der Waals surface area contributed by atoms with Crippen molar-refractivity contribution in [3.8, 4) is 34.1 Å². The summed E-state index contributed by atoms with van der Waals surface area (Å²) >= 11 is 12.3. The van der Waals surface area contributed by atoms with Crippen LogP contribution in [0, 0.1) is 12.7 Å². The van der Waals surface area contributed by atoms with Crippen molar-refractivity contribution in [2.45, 2.75) is 6.92 Å². The minimum absolute atomic E-state index is 0.0473. The van der Waals surface area contributed by atoms with Gasteiger partial charge in [-0.25, -0.2) is 14.2 Å². The van der Waals surface area contributed by atoms with Crippen molar-refractivity contribution in [1.29, 1.82) is 0 Å². The maximum atomic E-state index is 15.2. The van der Waals surface area contributed by atoms with Crippen molar-refractivity contribution in [1.82, 2.24) is 9.55 Å². The van der Waals surface area contributed by atoms with E-state index in [0.29, 0.717) is 21.9 Å². The first-order valence-electron chi connectivity index (χ1n) is 9.53. The molecule has 0 atom stereocenters. The van der Waals surface area contributed by atoms with Gasteiger partial charge in [0.2, 0.25) is 0 Å². The Hall–Kier alpha value is -3.35. The van der Waals surface area contributed by atoms with Crippen molar-refractivity contribution in [2.75, 3.05) is 7.11 Å².